The first-order valence-electron chi connectivity index (χ1n) is 8.76. The summed E-state index contributed by atoms with van der Waals surface area (Å²) in [5.41, 5.74) is 1.37. The van der Waals surface area contributed by atoms with E-state index in [4.69, 9.17) is 20.8 Å². The summed E-state index contributed by atoms with van der Waals surface area (Å²) in [5.74, 6) is -1.42. The molecule has 3 aromatic rings. The van der Waals surface area contributed by atoms with Crippen LogP contribution >= 0.6 is 11.6 Å². The molecule has 3 rings (SSSR count). The summed E-state index contributed by atoms with van der Waals surface area (Å²) in [6, 6.07) is 11.9. The molecule has 0 aliphatic rings. The number of carboxylic acid groups (broad SMARTS) is 1. The lowest BCUT2D eigenvalue weighted by molar-refractivity contribution is -0.142. The van der Waals surface area contributed by atoms with E-state index in [1.54, 1.807) is 43.3 Å². The van der Waals surface area contributed by atoms with Crippen molar-refractivity contribution in [2.75, 3.05) is 6.61 Å². The Bertz CT molecular complexity index is 1110. The summed E-state index contributed by atoms with van der Waals surface area (Å²) in [6.45, 7) is 1.41. The largest absolute Gasteiger partial charge is 0.484 e. The molecule has 1 unspecified atom stereocenters. The summed E-state index contributed by atoms with van der Waals surface area (Å²) < 4.78 is 10.6. The highest BCUT2D eigenvalue weighted by molar-refractivity contribution is 6.30. The summed E-state index contributed by atoms with van der Waals surface area (Å²) in [6.07, 6.45) is 0.110. The van der Waals surface area contributed by atoms with Crippen LogP contribution in [0.25, 0.3) is 11.0 Å². The Morgan fingerprint density at radius 3 is 2.59 bits per heavy atom. The van der Waals surface area contributed by atoms with E-state index in [0.717, 1.165) is 16.5 Å². The molecule has 0 spiro atoms. The van der Waals surface area contributed by atoms with E-state index in [9.17, 15) is 19.5 Å². The number of aryl methyl sites for hydroxylation is 1. The van der Waals surface area contributed by atoms with Crippen LogP contribution in [0.4, 0.5) is 0 Å². The highest BCUT2D eigenvalue weighted by atomic mass is 35.5. The normalized spacial score (nSPS) is 11.8. The molecule has 0 radical (unpaired) electrons. The number of benzene rings is 2. The van der Waals surface area contributed by atoms with Crippen LogP contribution in [0.1, 0.15) is 11.1 Å². The van der Waals surface area contributed by atoms with E-state index in [-0.39, 0.29) is 13.0 Å². The Kier molecular flexibility index (Phi) is 6.19. The number of amides is 1. The SMILES string of the molecule is Cc1cc(=O)oc2cc(OCC(=O)NC(Cc3ccc(Cl)cc3)C(=O)O)ccc12. The maximum atomic E-state index is 12.2. The van der Waals surface area contributed by atoms with Crippen molar-refractivity contribution in [3.8, 4) is 5.75 Å². The fourth-order valence-corrected chi connectivity index (χ4v) is 2.96. The lowest BCUT2D eigenvalue weighted by atomic mass is 10.1. The van der Waals surface area contributed by atoms with Gasteiger partial charge in [0.1, 0.15) is 17.4 Å². The third-order valence-corrected chi connectivity index (χ3v) is 4.53. The molecule has 8 heteroatoms. The van der Waals surface area contributed by atoms with Gasteiger partial charge in [0.15, 0.2) is 6.61 Å². The van der Waals surface area contributed by atoms with Crippen LogP contribution in [0.3, 0.4) is 0 Å². The number of hydrogen-bond donors (Lipinski definition) is 2. The number of carboxylic acids is 1. The quantitative estimate of drug-likeness (QED) is 0.575. The minimum absolute atomic E-state index is 0.110. The number of aliphatic carboxylic acids is 1. The van der Waals surface area contributed by atoms with Crippen molar-refractivity contribution in [1.82, 2.24) is 5.32 Å². The molecule has 0 aliphatic heterocycles. The number of fused-ring (bicyclic) bond motifs is 1. The van der Waals surface area contributed by atoms with Crippen LogP contribution in [-0.4, -0.2) is 29.6 Å². The van der Waals surface area contributed by atoms with E-state index in [2.05, 4.69) is 5.32 Å². The fourth-order valence-electron chi connectivity index (χ4n) is 2.84. The van der Waals surface area contributed by atoms with Crippen LogP contribution in [-0.2, 0) is 16.0 Å². The number of nitrogens with one attached hydrogen (secondary N) is 1. The van der Waals surface area contributed by atoms with Gasteiger partial charge in [-0.05, 0) is 42.3 Å². The highest BCUT2D eigenvalue weighted by Crippen LogP contribution is 2.22. The van der Waals surface area contributed by atoms with Crippen molar-refractivity contribution in [3.63, 3.8) is 0 Å². The zero-order chi connectivity index (χ0) is 21.0. The molecule has 0 saturated heterocycles. The number of carbonyl (C=O) groups is 2. The van der Waals surface area contributed by atoms with Crippen molar-refractivity contribution in [2.24, 2.45) is 0 Å². The van der Waals surface area contributed by atoms with Crippen molar-refractivity contribution in [3.05, 3.63) is 75.1 Å². The average molecular weight is 416 g/mol. The van der Waals surface area contributed by atoms with Gasteiger partial charge >= 0.3 is 11.6 Å². The number of rotatable bonds is 7. The predicted molar refractivity (Wildman–Crippen MR) is 107 cm³/mol. The van der Waals surface area contributed by atoms with Gasteiger partial charge in [0.2, 0.25) is 0 Å². The first-order valence-corrected chi connectivity index (χ1v) is 9.13. The minimum Gasteiger partial charge on any atom is -0.484 e. The third kappa shape index (κ3) is 5.36. The number of carbonyl (C=O) groups excluding carboxylic acids is 1. The topological polar surface area (TPSA) is 106 Å². The molecule has 0 bridgehead atoms. The first-order chi connectivity index (χ1) is 13.8. The standard InChI is InChI=1S/C21H18ClNO6/c1-12-8-20(25)29-18-10-15(6-7-16(12)18)28-11-19(24)23-17(21(26)27)9-13-2-4-14(22)5-3-13/h2-8,10,17H,9,11H2,1H3,(H,23,24)(H,26,27). The molecule has 1 heterocycles. The molecule has 0 aliphatic carbocycles. The Hall–Kier alpha value is -3.32. The fraction of sp³-hybridized carbons (Fsp3) is 0.190. The molecule has 2 N–H and O–H groups in total. The summed E-state index contributed by atoms with van der Waals surface area (Å²) in [5, 5.41) is 13.1. The van der Waals surface area contributed by atoms with Crippen LogP contribution in [0.15, 0.2) is 57.7 Å². The van der Waals surface area contributed by atoms with Gasteiger partial charge in [-0.3, -0.25) is 4.79 Å². The maximum absolute atomic E-state index is 12.2. The molecule has 2 aromatic carbocycles. The van der Waals surface area contributed by atoms with E-state index in [0.29, 0.717) is 16.4 Å². The summed E-state index contributed by atoms with van der Waals surface area (Å²) >= 11 is 5.82. The Morgan fingerprint density at radius 2 is 1.90 bits per heavy atom. The monoisotopic (exact) mass is 415 g/mol. The highest BCUT2D eigenvalue weighted by Gasteiger charge is 2.20. The average Bonchev–Trinajstić information content (AvgIpc) is 2.67. The second-order valence-corrected chi connectivity index (χ2v) is 6.92. The van der Waals surface area contributed by atoms with Gasteiger partial charge < -0.3 is 19.6 Å². The second kappa shape index (κ2) is 8.79. The predicted octanol–water partition coefficient (Wildman–Crippen LogP) is 2.95. The first kappa shape index (κ1) is 20.4. The molecule has 1 aromatic heterocycles. The zero-order valence-electron chi connectivity index (χ0n) is 15.5. The van der Waals surface area contributed by atoms with E-state index in [1.165, 1.54) is 12.1 Å². The van der Waals surface area contributed by atoms with Crippen LogP contribution in [0.5, 0.6) is 5.75 Å². The lowest BCUT2D eigenvalue weighted by Gasteiger charge is -2.15. The van der Waals surface area contributed by atoms with E-state index < -0.39 is 23.5 Å². The van der Waals surface area contributed by atoms with Crippen LogP contribution in [0.2, 0.25) is 5.02 Å². The van der Waals surface area contributed by atoms with Crippen molar-refractivity contribution in [1.29, 1.82) is 0 Å². The molecule has 150 valence electrons. The second-order valence-electron chi connectivity index (χ2n) is 6.48. The maximum Gasteiger partial charge on any atom is 0.336 e. The van der Waals surface area contributed by atoms with Gasteiger partial charge in [0, 0.05) is 29.0 Å². The molecule has 0 saturated carbocycles. The van der Waals surface area contributed by atoms with Crippen molar-refractivity contribution in [2.45, 2.75) is 19.4 Å². The van der Waals surface area contributed by atoms with Crippen LogP contribution in [0, 0.1) is 6.92 Å². The number of hydrogen-bond acceptors (Lipinski definition) is 5. The van der Waals surface area contributed by atoms with Gasteiger partial charge in [0.25, 0.3) is 5.91 Å². The van der Waals surface area contributed by atoms with Crippen molar-refractivity contribution >= 4 is 34.4 Å². The summed E-state index contributed by atoms with van der Waals surface area (Å²) in [4.78, 5) is 35.1. The summed E-state index contributed by atoms with van der Waals surface area (Å²) in [7, 11) is 0. The Labute approximate surface area is 170 Å². The Morgan fingerprint density at radius 1 is 1.17 bits per heavy atom. The third-order valence-electron chi connectivity index (χ3n) is 4.28. The van der Waals surface area contributed by atoms with Crippen LogP contribution < -0.4 is 15.7 Å². The molecular weight excluding hydrogens is 398 g/mol. The molecule has 29 heavy (non-hydrogen) atoms. The van der Waals surface area contributed by atoms with Gasteiger partial charge in [-0.15, -0.1) is 0 Å². The molecule has 7 nitrogen and oxygen atoms in total. The molecule has 1 atom stereocenters. The van der Waals surface area contributed by atoms with Gasteiger partial charge in [-0.25, -0.2) is 9.59 Å². The van der Waals surface area contributed by atoms with Gasteiger partial charge in [-0.1, -0.05) is 23.7 Å². The number of halogens is 1. The lowest BCUT2D eigenvalue weighted by Crippen LogP contribution is -2.44. The van der Waals surface area contributed by atoms with E-state index in [1.807, 2.05) is 0 Å². The zero-order valence-corrected chi connectivity index (χ0v) is 16.2. The Balaban J connectivity index is 1.63. The van der Waals surface area contributed by atoms with Gasteiger partial charge in [-0.2, -0.15) is 0 Å². The number of ether oxygens (including phenoxy) is 1. The molecule has 1 amide bonds. The smallest absolute Gasteiger partial charge is 0.336 e. The molecular formula is C21H18ClNO6. The van der Waals surface area contributed by atoms with E-state index >= 15 is 0 Å². The van der Waals surface area contributed by atoms with Crippen molar-refractivity contribution < 1.29 is 23.8 Å². The molecule has 0 fully saturated rings. The minimum atomic E-state index is -1.16. The van der Waals surface area contributed by atoms with Gasteiger partial charge in [0.05, 0.1) is 0 Å².